The number of hydrogen-bond donors (Lipinski definition) is 1. The van der Waals surface area contributed by atoms with Gasteiger partial charge < -0.3 is 19.9 Å². The molecule has 0 aromatic heterocycles. The molecule has 0 radical (unpaired) electrons. The summed E-state index contributed by atoms with van der Waals surface area (Å²) in [5, 5.41) is 13.8. The quantitative estimate of drug-likeness (QED) is 0.431. The number of nitrogens with zero attached hydrogens (tertiary/aromatic N) is 4. The molecular weight excluding hydrogens is 362 g/mol. The van der Waals surface area contributed by atoms with Gasteiger partial charge in [0.1, 0.15) is 0 Å². The molecule has 0 saturated carbocycles. The summed E-state index contributed by atoms with van der Waals surface area (Å²) in [5.41, 5.74) is 1.05. The minimum atomic E-state index is -0.396. The van der Waals surface area contributed by atoms with E-state index in [2.05, 4.69) is 15.1 Å². The van der Waals surface area contributed by atoms with Gasteiger partial charge in [0.25, 0.3) is 5.69 Å². The maximum atomic E-state index is 12.3. The molecule has 0 aliphatic carbocycles. The number of ether oxygens (including phenoxy) is 1. The summed E-state index contributed by atoms with van der Waals surface area (Å²) < 4.78 is 5.34. The Labute approximate surface area is 165 Å². The maximum Gasteiger partial charge on any atom is 0.317 e. The molecule has 1 aromatic rings. The zero-order valence-corrected chi connectivity index (χ0v) is 16.2. The van der Waals surface area contributed by atoms with Gasteiger partial charge in [0.15, 0.2) is 0 Å². The van der Waals surface area contributed by atoms with Crippen molar-refractivity contribution in [1.29, 1.82) is 0 Å². The molecule has 0 unspecified atom stereocenters. The number of anilines is 1. The topological polar surface area (TPSA) is 91.2 Å². The van der Waals surface area contributed by atoms with Gasteiger partial charge >= 0.3 is 6.03 Å². The van der Waals surface area contributed by atoms with Crippen molar-refractivity contribution in [1.82, 2.24) is 15.1 Å². The third-order valence-corrected chi connectivity index (χ3v) is 5.27. The van der Waals surface area contributed by atoms with Crippen LogP contribution in [0.3, 0.4) is 0 Å². The minimum absolute atomic E-state index is 0.00489. The second-order valence-corrected chi connectivity index (χ2v) is 7.14. The van der Waals surface area contributed by atoms with Crippen LogP contribution < -0.4 is 10.2 Å². The normalized spacial score (nSPS) is 18.1. The van der Waals surface area contributed by atoms with Crippen LogP contribution in [0, 0.1) is 10.1 Å². The lowest BCUT2D eigenvalue weighted by Gasteiger charge is -2.36. The van der Waals surface area contributed by atoms with Gasteiger partial charge in [0.05, 0.1) is 18.1 Å². The van der Waals surface area contributed by atoms with Crippen LogP contribution in [0.2, 0.25) is 0 Å². The summed E-state index contributed by atoms with van der Waals surface area (Å²) >= 11 is 0. The number of non-ortho nitro benzene ring substituents is 1. The van der Waals surface area contributed by atoms with Crippen LogP contribution in [-0.4, -0.2) is 86.3 Å². The van der Waals surface area contributed by atoms with E-state index in [-0.39, 0.29) is 11.7 Å². The lowest BCUT2D eigenvalue weighted by molar-refractivity contribution is -0.384. The molecule has 0 bridgehead atoms. The number of nitro benzene ring substituents is 1. The number of nitrogens with one attached hydrogen (secondary N) is 1. The predicted octanol–water partition coefficient (Wildman–Crippen LogP) is 1.54. The maximum absolute atomic E-state index is 12.3. The average Bonchev–Trinajstić information content (AvgIpc) is 2.74. The number of hydrogen-bond acceptors (Lipinski definition) is 6. The van der Waals surface area contributed by atoms with Crippen LogP contribution in [-0.2, 0) is 4.74 Å². The SMILES string of the molecule is O=C(NCCCCN1CCOCC1)N1CCN(c2ccc([N+](=O)[O-])cc2)CC1. The Kier molecular flexibility index (Phi) is 7.44. The molecule has 154 valence electrons. The standard InChI is InChI=1S/C19H29N5O4/c25-19(20-7-1-2-8-21-13-15-28-16-14-21)23-11-9-22(10-12-23)17-3-5-18(6-4-17)24(26)27/h3-6H,1-2,7-16H2,(H,20,25). The summed E-state index contributed by atoms with van der Waals surface area (Å²) in [6, 6.07) is 6.57. The van der Waals surface area contributed by atoms with Gasteiger partial charge in [-0.05, 0) is 31.5 Å². The second kappa shape index (κ2) is 10.2. The van der Waals surface area contributed by atoms with E-state index in [9.17, 15) is 14.9 Å². The van der Waals surface area contributed by atoms with E-state index < -0.39 is 4.92 Å². The first-order valence-electron chi connectivity index (χ1n) is 9.96. The number of rotatable bonds is 7. The van der Waals surface area contributed by atoms with E-state index in [0.717, 1.165) is 64.5 Å². The van der Waals surface area contributed by atoms with Crippen molar-refractivity contribution in [3.8, 4) is 0 Å². The molecule has 2 heterocycles. The Hall–Kier alpha value is -2.39. The van der Waals surface area contributed by atoms with Crippen molar-refractivity contribution in [3.05, 3.63) is 34.4 Å². The van der Waals surface area contributed by atoms with Gasteiger partial charge in [-0.2, -0.15) is 0 Å². The zero-order chi connectivity index (χ0) is 19.8. The van der Waals surface area contributed by atoms with Gasteiger partial charge in [-0.3, -0.25) is 15.0 Å². The van der Waals surface area contributed by atoms with E-state index in [4.69, 9.17) is 4.74 Å². The number of benzene rings is 1. The van der Waals surface area contributed by atoms with Crippen LogP contribution in [0.5, 0.6) is 0 Å². The number of carbonyl (C=O) groups is 1. The molecule has 9 heteroatoms. The number of amides is 2. The summed E-state index contributed by atoms with van der Waals surface area (Å²) in [4.78, 5) is 29.1. The smallest absolute Gasteiger partial charge is 0.317 e. The van der Waals surface area contributed by atoms with Gasteiger partial charge in [0, 0.05) is 63.6 Å². The summed E-state index contributed by atoms with van der Waals surface area (Å²) in [5.74, 6) is 0. The van der Waals surface area contributed by atoms with Crippen LogP contribution >= 0.6 is 0 Å². The van der Waals surface area contributed by atoms with Crippen LogP contribution in [0.25, 0.3) is 0 Å². The molecule has 1 N–H and O–H groups in total. The molecule has 2 amide bonds. The Morgan fingerprint density at radius 2 is 1.71 bits per heavy atom. The van der Waals surface area contributed by atoms with Crippen LogP contribution in [0.15, 0.2) is 24.3 Å². The molecule has 0 spiro atoms. The van der Waals surface area contributed by atoms with Crippen molar-refractivity contribution in [2.24, 2.45) is 0 Å². The van der Waals surface area contributed by atoms with Gasteiger partial charge in [-0.25, -0.2) is 4.79 Å². The molecule has 9 nitrogen and oxygen atoms in total. The van der Waals surface area contributed by atoms with E-state index >= 15 is 0 Å². The molecule has 2 saturated heterocycles. The largest absolute Gasteiger partial charge is 0.379 e. The third kappa shape index (κ3) is 5.80. The van der Waals surface area contributed by atoms with Crippen molar-refractivity contribution < 1.29 is 14.5 Å². The fourth-order valence-corrected chi connectivity index (χ4v) is 3.55. The number of carbonyl (C=O) groups excluding carboxylic acids is 1. The predicted molar refractivity (Wildman–Crippen MR) is 107 cm³/mol. The molecule has 1 aromatic carbocycles. The van der Waals surface area contributed by atoms with Gasteiger partial charge in [0.2, 0.25) is 0 Å². The molecular formula is C19H29N5O4. The monoisotopic (exact) mass is 391 g/mol. The lowest BCUT2D eigenvalue weighted by atomic mass is 10.2. The summed E-state index contributed by atoms with van der Waals surface area (Å²) in [6.07, 6.45) is 2.06. The van der Waals surface area contributed by atoms with Crippen LogP contribution in [0.4, 0.5) is 16.2 Å². The Bertz CT molecular complexity index is 640. The first-order chi connectivity index (χ1) is 13.6. The van der Waals surface area contributed by atoms with E-state index in [1.807, 2.05) is 4.90 Å². The minimum Gasteiger partial charge on any atom is -0.379 e. The second-order valence-electron chi connectivity index (χ2n) is 7.14. The molecule has 3 rings (SSSR count). The number of unbranched alkanes of at least 4 members (excludes halogenated alkanes) is 1. The number of nitro groups is 1. The highest BCUT2D eigenvalue weighted by atomic mass is 16.6. The number of urea groups is 1. The van der Waals surface area contributed by atoms with E-state index in [1.54, 1.807) is 12.1 Å². The van der Waals surface area contributed by atoms with Gasteiger partial charge in [-0.1, -0.05) is 0 Å². The highest BCUT2D eigenvalue weighted by molar-refractivity contribution is 5.74. The summed E-state index contributed by atoms with van der Waals surface area (Å²) in [7, 11) is 0. The van der Waals surface area contributed by atoms with E-state index in [1.165, 1.54) is 12.1 Å². The lowest BCUT2D eigenvalue weighted by Crippen LogP contribution is -2.52. The molecule has 2 aliphatic heterocycles. The third-order valence-electron chi connectivity index (χ3n) is 5.27. The highest BCUT2D eigenvalue weighted by Crippen LogP contribution is 2.20. The first-order valence-corrected chi connectivity index (χ1v) is 9.96. The summed E-state index contributed by atoms with van der Waals surface area (Å²) in [6.45, 7) is 8.17. The van der Waals surface area contributed by atoms with Crippen molar-refractivity contribution in [2.45, 2.75) is 12.8 Å². The fourth-order valence-electron chi connectivity index (χ4n) is 3.55. The molecule has 2 aliphatic rings. The average molecular weight is 391 g/mol. The zero-order valence-electron chi connectivity index (χ0n) is 16.2. The van der Waals surface area contributed by atoms with E-state index in [0.29, 0.717) is 19.6 Å². The first kappa shape index (κ1) is 20.3. The number of piperazine rings is 1. The fraction of sp³-hybridized carbons (Fsp3) is 0.632. The number of morpholine rings is 1. The molecule has 0 atom stereocenters. The molecule has 2 fully saturated rings. The highest BCUT2D eigenvalue weighted by Gasteiger charge is 2.21. The van der Waals surface area contributed by atoms with Gasteiger partial charge in [-0.15, -0.1) is 0 Å². The van der Waals surface area contributed by atoms with Crippen molar-refractivity contribution in [3.63, 3.8) is 0 Å². The van der Waals surface area contributed by atoms with Crippen molar-refractivity contribution >= 4 is 17.4 Å². The Balaban J connectivity index is 1.31. The van der Waals surface area contributed by atoms with Crippen LogP contribution in [0.1, 0.15) is 12.8 Å². The Morgan fingerprint density at radius 3 is 2.36 bits per heavy atom. The molecule has 28 heavy (non-hydrogen) atoms. The Morgan fingerprint density at radius 1 is 1.04 bits per heavy atom. The van der Waals surface area contributed by atoms with Crippen molar-refractivity contribution in [2.75, 3.05) is 70.5 Å².